The average Bonchev–Trinajstić information content (AvgIpc) is 2.59. The highest BCUT2D eigenvalue weighted by atomic mass is 19.1. The summed E-state index contributed by atoms with van der Waals surface area (Å²) in [5.41, 5.74) is 0.572. The van der Waals surface area contributed by atoms with Crippen LogP contribution in [0.4, 0.5) is 4.39 Å². The highest BCUT2D eigenvalue weighted by Gasteiger charge is 2.10. The number of ketones is 1. The van der Waals surface area contributed by atoms with Crippen molar-refractivity contribution in [2.45, 2.75) is 12.8 Å². The minimum absolute atomic E-state index is 0.00664. The van der Waals surface area contributed by atoms with E-state index in [4.69, 9.17) is 9.47 Å². The number of para-hydroxylation sites is 1. The molecule has 0 unspecified atom stereocenters. The molecule has 0 heterocycles. The SMILES string of the molecule is O=C(CCC(=O)c1ccccc1)OCCOc1ccccc1F. The van der Waals surface area contributed by atoms with Crippen molar-refractivity contribution in [1.29, 1.82) is 0 Å². The predicted octanol–water partition coefficient (Wildman–Crippen LogP) is 3.41. The van der Waals surface area contributed by atoms with E-state index in [2.05, 4.69) is 0 Å². The van der Waals surface area contributed by atoms with E-state index in [-0.39, 0.29) is 37.6 Å². The number of rotatable bonds is 8. The standard InChI is InChI=1S/C18H17FO4/c19-15-8-4-5-9-17(15)22-12-13-23-18(21)11-10-16(20)14-6-2-1-3-7-14/h1-9H,10-13H2. The normalized spacial score (nSPS) is 10.1. The van der Waals surface area contributed by atoms with Gasteiger partial charge in [0.15, 0.2) is 17.3 Å². The van der Waals surface area contributed by atoms with Crippen molar-refractivity contribution in [3.8, 4) is 5.75 Å². The molecule has 0 aliphatic heterocycles. The second-order valence-corrected chi connectivity index (χ2v) is 4.79. The smallest absolute Gasteiger partial charge is 0.306 e. The number of carbonyl (C=O) groups is 2. The van der Waals surface area contributed by atoms with Crippen molar-refractivity contribution in [2.75, 3.05) is 13.2 Å². The molecule has 120 valence electrons. The van der Waals surface area contributed by atoms with Crippen LogP contribution in [0.25, 0.3) is 0 Å². The number of Topliss-reactive ketones (excluding diaryl/α,β-unsaturated/α-hetero) is 1. The summed E-state index contributed by atoms with van der Waals surface area (Å²) >= 11 is 0. The molecule has 4 nitrogen and oxygen atoms in total. The quantitative estimate of drug-likeness (QED) is 0.425. The molecule has 0 saturated carbocycles. The second kappa shape index (κ2) is 8.68. The Labute approximate surface area is 133 Å². The van der Waals surface area contributed by atoms with Crippen LogP contribution in [0.2, 0.25) is 0 Å². The minimum Gasteiger partial charge on any atom is -0.487 e. The number of hydrogen-bond donors (Lipinski definition) is 0. The first-order valence-electron chi connectivity index (χ1n) is 7.28. The molecule has 0 N–H and O–H groups in total. The van der Waals surface area contributed by atoms with Gasteiger partial charge in [-0.05, 0) is 12.1 Å². The van der Waals surface area contributed by atoms with E-state index in [1.54, 1.807) is 36.4 Å². The Hall–Kier alpha value is -2.69. The summed E-state index contributed by atoms with van der Waals surface area (Å²) in [6, 6.07) is 14.8. The zero-order valence-electron chi connectivity index (χ0n) is 12.5. The van der Waals surface area contributed by atoms with Crippen molar-refractivity contribution in [1.82, 2.24) is 0 Å². The lowest BCUT2D eigenvalue weighted by molar-refractivity contribution is -0.144. The predicted molar refractivity (Wildman–Crippen MR) is 82.9 cm³/mol. The fourth-order valence-electron chi connectivity index (χ4n) is 1.93. The van der Waals surface area contributed by atoms with Gasteiger partial charge in [0.25, 0.3) is 0 Å². The van der Waals surface area contributed by atoms with E-state index in [1.807, 2.05) is 6.07 Å². The summed E-state index contributed by atoms with van der Waals surface area (Å²) in [4.78, 5) is 23.4. The van der Waals surface area contributed by atoms with E-state index < -0.39 is 11.8 Å². The molecular formula is C18H17FO4. The molecular weight excluding hydrogens is 299 g/mol. The van der Waals surface area contributed by atoms with Crippen molar-refractivity contribution < 1.29 is 23.5 Å². The third-order valence-corrected chi connectivity index (χ3v) is 3.09. The van der Waals surface area contributed by atoms with Crippen LogP contribution in [0.5, 0.6) is 5.75 Å². The third-order valence-electron chi connectivity index (χ3n) is 3.09. The molecule has 5 heteroatoms. The van der Waals surface area contributed by atoms with Crippen molar-refractivity contribution >= 4 is 11.8 Å². The van der Waals surface area contributed by atoms with E-state index in [9.17, 15) is 14.0 Å². The molecule has 0 fully saturated rings. The molecule has 0 amide bonds. The largest absolute Gasteiger partial charge is 0.487 e. The van der Waals surface area contributed by atoms with Crippen molar-refractivity contribution in [3.05, 3.63) is 66.0 Å². The van der Waals surface area contributed by atoms with Gasteiger partial charge in [0.1, 0.15) is 13.2 Å². The maximum Gasteiger partial charge on any atom is 0.306 e. The zero-order valence-corrected chi connectivity index (χ0v) is 12.5. The Morgan fingerprint density at radius 2 is 1.57 bits per heavy atom. The van der Waals surface area contributed by atoms with Crippen LogP contribution in [0, 0.1) is 5.82 Å². The lowest BCUT2D eigenvalue weighted by Gasteiger charge is -2.08. The molecule has 0 aliphatic rings. The van der Waals surface area contributed by atoms with E-state index in [1.165, 1.54) is 12.1 Å². The van der Waals surface area contributed by atoms with Crippen LogP contribution in [0.15, 0.2) is 54.6 Å². The maximum absolute atomic E-state index is 13.3. The van der Waals surface area contributed by atoms with Gasteiger partial charge in [-0.2, -0.15) is 0 Å². The van der Waals surface area contributed by atoms with Gasteiger partial charge in [-0.25, -0.2) is 4.39 Å². The molecule has 0 saturated heterocycles. The monoisotopic (exact) mass is 316 g/mol. The highest BCUT2D eigenvalue weighted by molar-refractivity contribution is 5.97. The Balaban J connectivity index is 1.64. The van der Waals surface area contributed by atoms with Crippen LogP contribution < -0.4 is 4.74 Å². The minimum atomic E-state index is -0.480. The molecule has 0 spiro atoms. The highest BCUT2D eigenvalue weighted by Crippen LogP contribution is 2.15. The van der Waals surface area contributed by atoms with Gasteiger partial charge >= 0.3 is 5.97 Å². The number of benzene rings is 2. The van der Waals surface area contributed by atoms with Crippen LogP contribution in [0.3, 0.4) is 0 Å². The average molecular weight is 316 g/mol. The van der Waals surface area contributed by atoms with Gasteiger partial charge in [-0.3, -0.25) is 9.59 Å². The summed E-state index contributed by atoms with van der Waals surface area (Å²) in [5, 5.41) is 0. The summed E-state index contributed by atoms with van der Waals surface area (Å²) in [6.45, 7) is 0.0615. The second-order valence-electron chi connectivity index (χ2n) is 4.79. The fraction of sp³-hybridized carbons (Fsp3) is 0.222. The number of hydrogen-bond acceptors (Lipinski definition) is 4. The van der Waals surface area contributed by atoms with Gasteiger partial charge in [-0.15, -0.1) is 0 Å². The van der Waals surface area contributed by atoms with E-state index in [0.29, 0.717) is 5.56 Å². The Bertz CT molecular complexity index is 655. The topological polar surface area (TPSA) is 52.6 Å². The Morgan fingerprint density at radius 1 is 0.870 bits per heavy atom. The molecule has 0 atom stereocenters. The summed E-state index contributed by atoms with van der Waals surface area (Å²) < 4.78 is 23.4. The maximum atomic E-state index is 13.3. The van der Waals surface area contributed by atoms with Gasteiger partial charge in [0, 0.05) is 12.0 Å². The van der Waals surface area contributed by atoms with E-state index in [0.717, 1.165) is 0 Å². The number of esters is 1. The van der Waals surface area contributed by atoms with Gasteiger partial charge in [-0.1, -0.05) is 42.5 Å². The molecule has 0 bridgehead atoms. The fourth-order valence-corrected chi connectivity index (χ4v) is 1.93. The van der Waals surface area contributed by atoms with Crippen LogP contribution in [-0.4, -0.2) is 25.0 Å². The first kappa shape index (κ1) is 16.7. The van der Waals surface area contributed by atoms with Crippen LogP contribution in [0.1, 0.15) is 23.2 Å². The molecule has 2 aromatic carbocycles. The molecule has 0 radical (unpaired) electrons. The number of halogens is 1. The van der Waals surface area contributed by atoms with Crippen LogP contribution in [-0.2, 0) is 9.53 Å². The Kier molecular flexibility index (Phi) is 6.29. The zero-order chi connectivity index (χ0) is 16.5. The third kappa shape index (κ3) is 5.54. The van der Waals surface area contributed by atoms with E-state index >= 15 is 0 Å². The summed E-state index contributed by atoms with van der Waals surface area (Å²) in [6.07, 6.45) is 0.102. The number of carbonyl (C=O) groups excluding carboxylic acids is 2. The van der Waals surface area contributed by atoms with Gasteiger partial charge in [0.05, 0.1) is 6.42 Å². The van der Waals surface area contributed by atoms with Gasteiger partial charge < -0.3 is 9.47 Å². The molecule has 23 heavy (non-hydrogen) atoms. The Morgan fingerprint density at radius 3 is 2.30 bits per heavy atom. The molecule has 0 aliphatic carbocycles. The van der Waals surface area contributed by atoms with Crippen molar-refractivity contribution in [2.24, 2.45) is 0 Å². The summed E-state index contributed by atoms with van der Waals surface area (Å²) in [7, 11) is 0. The molecule has 2 aromatic rings. The van der Waals surface area contributed by atoms with Gasteiger partial charge in [0.2, 0.25) is 0 Å². The van der Waals surface area contributed by atoms with Crippen molar-refractivity contribution in [3.63, 3.8) is 0 Å². The molecule has 0 aromatic heterocycles. The lowest BCUT2D eigenvalue weighted by Crippen LogP contribution is -2.13. The molecule has 2 rings (SSSR count). The summed E-state index contributed by atoms with van der Waals surface area (Å²) in [5.74, 6) is -0.938. The van der Waals surface area contributed by atoms with Crippen LogP contribution >= 0.6 is 0 Å². The lowest BCUT2D eigenvalue weighted by atomic mass is 10.1. The number of ether oxygens (including phenoxy) is 2. The first-order valence-corrected chi connectivity index (χ1v) is 7.28. The first-order chi connectivity index (χ1) is 11.2.